The summed E-state index contributed by atoms with van der Waals surface area (Å²) >= 11 is 0. The molecule has 1 aliphatic rings. The Kier molecular flexibility index (Phi) is 12.2. The van der Waals surface area contributed by atoms with Crippen molar-refractivity contribution in [1.29, 1.82) is 0 Å². The molecule has 0 aromatic rings. The molecule has 4 N–H and O–H groups in total. The summed E-state index contributed by atoms with van der Waals surface area (Å²) in [6.07, 6.45) is 16.7. The lowest BCUT2D eigenvalue weighted by Gasteiger charge is -2.40. The number of amides is 1. The van der Waals surface area contributed by atoms with Crippen LogP contribution in [-0.2, 0) is 4.79 Å². The largest absolute Gasteiger partial charge is 0.369 e. The molecule has 4 nitrogen and oxygen atoms in total. The minimum atomic E-state index is -0.221. The summed E-state index contributed by atoms with van der Waals surface area (Å²) in [5.74, 6) is -0.390. The lowest BCUT2D eigenvalue weighted by molar-refractivity contribution is -0.124. The third-order valence-corrected chi connectivity index (χ3v) is 5.86. The maximum Gasteiger partial charge on any atom is 0.223 e. The third-order valence-electron chi connectivity index (χ3n) is 5.86. The van der Waals surface area contributed by atoms with Gasteiger partial charge >= 0.3 is 0 Å². The van der Waals surface area contributed by atoms with Crippen molar-refractivity contribution in [1.82, 2.24) is 4.90 Å². The first-order valence-corrected chi connectivity index (χ1v) is 10.9. The number of hydrogen-bond donors (Lipinski definition) is 2. The number of unbranched alkanes of at least 4 members (excludes halogenated alkanes) is 8. The highest BCUT2D eigenvalue weighted by molar-refractivity contribution is 5.77. The summed E-state index contributed by atoms with van der Waals surface area (Å²) in [7, 11) is 0. The molecule has 25 heavy (non-hydrogen) atoms. The van der Waals surface area contributed by atoms with Gasteiger partial charge in [0.2, 0.25) is 5.91 Å². The molecule has 0 spiro atoms. The van der Waals surface area contributed by atoms with E-state index in [-0.39, 0.29) is 17.9 Å². The Morgan fingerprint density at radius 1 is 0.960 bits per heavy atom. The van der Waals surface area contributed by atoms with E-state index in [1.807, 2.05) is 0 Å². The lowest BCUT2D eigenvalue weighted by atomic mass is 9.89. The molecule has 0 aliphatic carbocycles. The molecule has 1 heterocycles. The van der Waals surface area contributed by atoms with Crippen LogP contribution in [0.25, 0.3) is 0 Å². The van der Waals surface area contributed by atoms with Gasteiger partial charge in [0.05, 0.1) is 5.92 Å². The Bertz CT molecular complexity index is 334. The zero-order chi connectivity index (χ0) is 18.5. The molecule has 1 amide bonds. The molecule has 1 aliphatic heterocycles. The standard InChI is InChI=1S/C21H43N3O/c1-3-5-7-9-11-13-18(14-12-10-8-6-4-2)24-16-15-20(22)19(17-24)21(23)25/h18-20H,3-17,22H2,1-2H3,(H2,23,25)/t19-,20-/m1/s1. The van der Waals surface area contributed by atoms with E-state index in [2.05, 4.69) is 18.7 Å². The minimum absolute atomic E-state index is 0.0523. The Labute approximate surface area is 156 Å². The molecule has 0 saturated carbocycles. The van der Waals surface area contributed by atoms with Gasteiger partial charge in [-0.1, -0.05) is 78.1 Å². The molecule has 0 bridgehead atoms. The van der Waals surface area contributed by atoms with Crippen LogP contribution in [0.2, 0.25) is 0 Å². The fourth-order valence-corrected chi connectivity index (χ4v) is 4.10. The van der Waals surface area contributed by atoms with Gasteiger partial charge in [0.15, 0.2) is 0 Å². The van der Waals surface area contributed by atoms with Crippen LogP contribution in [0.3, 0.4) is 0 Å². The van der Waals surface area contributed by atoms with Crippen LogP contribution >= 0.6 is 0 Å². The second-order valence-electron chi connectivity index (χ2n) is 8.02. The third kappa shape index (κ3) is 9.05. The Morgan fingerprint density at radius 3 is 1.96 bits per heavy atom. The first-order valence-electron chi connectivity index (χ1n) is 10.9. The molecule has 4 heteroatoms. The average Bonchev–Trinajstić information content (AvgIpc) is 2.60. The highest BCUT2D eigenvalue weighted by atomic mass is 16.1. The molecule has 0 aromatic carbocycles. The van der Waals surface area contributed by atoms with Gasteiger partial charge in [-0.15, -0.1) is 0 Å². The highest BCUT2D eigenvalue weighted by Gasteiger charge is 2.33. The molecule has 0 aromatic heterocycles. The summed E-state index contributed by atoms with van der Waals surface area (Å²) in [6, 6.07) is 0.557. The van der Waals surface area contributed by atoms with Gasteiger partial charge < -0.3 is 11.5 Å². The number of likely N-dealkylation sites (tertiary alicyclic amines) is 1. The van der Waals surface area contributed by atoms with Gasteiger partial charge in [-0.3, -0.25) is 9.69 Å². The van der Waals surface area contributed by atoms with Crippen molar-refractivity contribution in [3.63, 3.8) is 0 Å². The van der Waals surface area contributed by atoms with Crippen molar-refractivity contribution in [3.8, 4) is 0 Å². The van der Waals surface area contributed by atoms with Crippen molar-refractivity contribution in [3.05, 3.63) is 0 Å². The first kappa shape index (κ1) is 22.4. The molecule has 1 rings (SSSR count). The van der Waals surface area contributed by atoms with Gasteiger partial charge in [0, 0.05) is 18.6 Å². The van der Waals surface area contributed by atoms with Crippen LogP contribution < -0.4 is 11.5 Å². The molecule has 0 radical (unpaired) electrons. The predicted molar refractivity (Wildman–Crippen MR) is 107 cm³/mol. The summed E-state index contributed by atoms with van der Waals surface area (Å²) in [5.41, 5.74) is 11.7. The molecule has 1 fully saturated rings. The van der Waals surface area contributed by atoms with E-state index in [1.165, 1.54) is 77.0 Å². The number of carbonyl (C=O) groups is 1. The molecular formula is C21H43N3O. The van der Waals surface area contributed by atoms with Gasteiger partial charge in [0.25, 0.3) is 0 Å². The lowest BCUT2D eigenvalue weighted by Crippen LogP contribution is -2.54. The summed E-state index contributed by atoms with van der Waals surface area (Å²) in [6.45, 7) is 6.32. The second-order valence-corrected chi connectivity index (χ2v) is 8.02. The number of rotatable bonds is 14. The zero-order valence-electron chi connectivity index (χ0n) is 16.8. The monoisotopic (exact) mass is 353 g/mol. The zero-order valence-corrected chi connectivity index (χ0v) is 16.8. The number of carbonyl (C=O) groups excluding carboxylic acids is 1. The average molecular weight is 354 g/mol. The van der Waals surface area contributed by atoms with Crippen LogP contribution in [0.1, 0.15) is 97.3 Å². The Balaban J connectivity index is 2.48. The maximum absolute atomic E-state index is 11.7. The van der Waals surface area contributed by atoms with E-state index < -0.39 is 0 Å². The Hall–Kier alpha value is -0.610. The fraction of sp³-hybridized carbons (Fsp3) is 0.952. The van der Waals surface area contributed by atoms with E-state index >= 15 is 0 Å². The van der Waals surface area contributed by atoms with E-state index in [0.29, 0.717) is 6.04 Å². The first-order chi connectivity index (χ1) is 12.1. The van der Waals surface area contributed by atoms with E-state index in [0.717, 1.165) is 19.5 Å². The van der Waals surface area contributed by atoms with Crippen LogP contribution in [0.4, 0.5) is 0 Å². The molecular weight excluding hydrogens is 310 g/mol. The smallest absolute Gasteiger partial charge is 0.223 e. The summed E-state index contributed by atoms with van der Waals surface area (Å²) < 4.78 is 0. The van der Waals surface area contributed by atoms with Crippen molar-refractivity contribution in [2.45, 2.75) is 109 Å². The van der Waals surface area contributed by atoms with Gasteiger partial charge in [-0.25, -0.2) is 0 Å². The van der Waals surface area contributed by atoms with Crippen molar-refractivity contribution in [2.24, 2.45) is 17.4 Å². The van der Waals surface area contributed by atoms with E-state index in [1.54, 1.807) is 0 Å². The van der Waals surface area contributed by atoms with Crippen LogP contribution in [0, 0.1) is 5.92 Å². The van der Waals surface area contributed by atoms with Crippen molar-refractivity contribution in [2.75, 3.05) is 13.1 Å². The topological polar surface area (TPSA) is 72.3 Å². The van der Waals surface area contributed by atoms with Crippen molar-refractivity contribution < 1.29 is 4.79 Å². The number of piperidine rings is 1. The highest BCUT2D eigenvalue weighted by Crippen LogP contribution is 2.24. The maximum atomic E-state index is 11.7. The molecule has 0 unspecified atom stereocenters. The second kappa shape index (κ2) is 13.6. The molecule has 1 saturated heterocycles. The van der Waals surface area contributed by atoms with Crippen LogP contribution in [0.5, 0.6) is 0 Å². The summed E-state index contributed by atoms with van der Waals surface area (Å²) in [4.78, 5) is 14.2. The fourth-order valence-electron chi connectivity index (χ4n) is 4.10. The molecule has 148 valence electrons. The van der Waals surface area contributed by atoms with Gasteiger partial charge in [-0.2, -0.15) is 0 Å². The summed E-state index contributed by atoms with van der Waals surface area (Å²) in [5, 5.41) is 0. The minimum Gasteiger partial charge on any atom is -0.369 e. The van der Waals surface area contributed by atoms with Gasteiger partial charge in [0.1, 0.15) is 0 Å². The molecule has 2 atom stereocenters. The SMILES string of the molecule is CCCCCCCC(CCCCCCC)N1CC[C@@H](N)[C@H](C(N)=O)C1. The number of primary amides is 1. The number of hydrogen-bond acceptors (Lipinski definition) is 3. The number of nitrogens with two attached hydrogens (primary N) is 2. The normalized spacial score (nSPS) is 21.8. The van der Waals surface area contributed by atoms with Crippen LogP contribution in [-0.4, -0.2) is 36.0 Å². The predicted octanol–water partition coefficient (Wildman–Crippen LogP) is 4.21. The number of nitrogens with zero attached hydrogens (tertiary/aromatic N) is 1. The van der Waals surface area contributed by atoms with E-state index in [4.69, 9.17) is 11.5 Å². The van der Waals surface area contributed by atoms with E-state index in [9.17, 15) is 4.79 Å². The quantitative estimate of drug-likeness (QED) is 0.459. The van der Waals surface area contributed by atoms with Crippen LogP contribution in [0.15, 0.2) is 0 Å². The Morgan fingerprint density at radius 2 is 1.48 bits per heavy atom. The van der Waals surface area contributed by atoms with Crippen molar-refractivity contribution >= 4 is 5.91 Å². The van der Waals surface area contributed by atoms with Gasteiger partial charge in [-0.05, 0) is 25.8 Å².